The van der Waals surface area contributed by atoms with Gasteiger partial charge in [-0.25, -0.2) is 0 Å². The summed E-state index contributed by atoms with van der Waals surface area (Å²) >= 11 is 3.41. The minimum Gasteiger partial charge on any atom is -0.324 e. The number of nitrogens with zero attached hydrogens (tertiary/aromatic N) is 2. The van der Waals surface area contributed by atoms with E-state index in [1.807, 2.05) is 25.1 Å². The van der Waals surface area contributed by atoms with E-state index in [1.165, 1.54) is 0 Å². The molecule has 0 atom stereocenters. The minimum absolute atomic E-state index is 0.286. The largest absolute Gasteiger partial charge is 0.324 e. The molecule has 0 aliphatic heterocycles. The fourth-order valence-corrected chi connectivity index (χ4v) is 1.48. The molecule has 0 amide bonds. The number of rotatable bonds is 2. The number of hydrogen-bond acceptors (Lipinski definition) is 4. The van der Waals surface area contributed by atoms with Gasteiger partial charge < -0.3 is 5.32 Å². The van der Waals surface area contributed by atoms with Crippen LogP contribution in [0.4, 0.5) is 11.6 Å². The Morgan fingerprint density at radius 2 is 2.25 bits per heavy atom. The van der Waals surface area contributed by atoms with Gasteiger partial charge in [0.15, 0.2) is 0 Å². The summed E-state index contributed by atoms with van der Waals surface area (Å²) in [5.41, 5.74) is 1.65. The van der Waals surface area contributed by atoms with Crippen LogP contribution in [-0.4, -0.2) is 15.2 Å². The molecule has 0 fully saturated rings. The monoisotopic (exact) mass is 280 g/mol. The van der Waals surface area contributed by atoms with Crippen LogP contribution >= 0.6 is 15.9 Å². The fraction of sp³-hybridized carbons (Fsp3) is 0.100. The number of aromatic nitrogens is 3. The van der Waals surface area contributed by atoms with Crippen molar-refractivity contribution < 1.29 is 0 Å². The van der Waals surface area contributed by atoms with Gasteiger partial charge in [-0.1, -0.05) is 15.9 Å². The summed E-state index contributed by atoms with van der Waals surface area (Å²) in [6, 6.07) is 5.74. The third-order valence-electron chi connectivity index (χ3n) is 2.00. The average Bonchev–Trinajstić information content (AvgIpc) is 2.24. The molecule has 0 saturated heterocycles. The van der Waals surface area contributed by atoms with E-state index < -0.39 is 0 Å². The second kappa shape index (κ2) is 4.44. The topological polar surface area (TPSA) is 70.7 Å². The van der Waals surface area contributed by atoms with E-state index in [0.717, 1.165) is 21.9 Å². The molecule has 0 radical (unpaired) electrons. The van der Waals surface area contributed by atoms with Crippen molar-refractivity contribution in [1.29, 1.82) is 0 Å². The summed E-state index contributed by atoms with van der Waals surface area (Å²) in [5, 5.41) is 10.3. The molecule has 2 rings (SSSR count). The Balaban J connectivity index is 2.27. The van der Waals surface area contributed by atoms with Gasteiger partial charge in [0.2, 0.25) is 5.95 Å². The number of hydrogen-bond donors (Lipinski definition) is 2. The van der Waals surface area contributed by atoms with Gasteiger partial charge in [-0.15, -0.1) is 10.2 Å². The second-order valence-corrected chi connectivity index (χ2v) is 4.13. The van der Waals surface area contributed by atoms with E-state index in [2.05, 4.69) is 36.4 Å². The van der Waals surface area contributed by atoms with Crippen molar-refractivity contribution in [2.24, 2.45) is 0 Å². The number of halogens is 1. The van der Waals surface area contributed by atoms with Crippen LogP contribution in [-0.2, 0) is 0 Å². The molecule has 6 heteroatoms. The highest BCUT2D eigenvalue weighted by Gasteiger charge is 1.99. The maximum Gasteiger partial charge on any atom is 0.271 e. The van der Waals surface area contributed by atoms with E-state index in [9.17, 15) is 4.79 Å². The summed E-state index contributed by atoms with van der Waals surface area (Å²) in [7, 11) is 0. The lowest BCUT2D eigenvalue weighted by atomic mass is 10.2. The lowest BCUT2D eigenvalue weighted by Crippen LogP contribution is -2.10. The van der Waals surface area contributed by atoms with Crippen LogP contribution in [0.1, 0.15) is 5.56 Å². The van der Waals surface area contributed by atoms with Crippen LogP contribution in [0, 0.1) is 6.92 Å². The van der Waals surface area contributed by atoms with Crippen LogP contribution < -0.4 is 10.9 Å². The molecule has 0 saturated carbocycles. The molecule has 1 heterocycles. The van der Waals surface area contributed by atoms with Crippen LogP contribution in [0.15, 0.2) is 33.7 Å². The Morgan fingerprint density at radius 1 is 1.44 bits per heavy atom. The Bertz CT molecular complexity index is 567. The number of aryl methyl sites for hydroxylation is 1. The summed E-state index contributed by atoms with van der Waals surface area (Å²) < 4.78 is 1.03. The molecule has 1 aromatic heterocycles. The first kappa shape index (κ1) is 10.8. The molecular weight excluding hydrogens is 272 g/mol. The summed E-state index contributed by atoms with van der Waals surface area (Å²) in [6.07, 6.45) is 1.12. The zero-order valence-corrected chi connectivity index (χ0v) is 10.1. The normalized spacial score (nSPS) is 10.1. The van der Waals surface area contributed by atoms with Gasteiger partial charge in [0.25, 0.3) is 5.56 Å². The number of benzene rings is 1. The summed E-state index contributed by atoms with van der Waals surface area (Å²) in [6.45, 7) is 1.98. The molecule has 1 aromatic carbocycles. The van der Waals surface area contributed by atoms with Crippen molar-refractivity contribution in [3.8, 4) is 0 Å². The first-order valence-electron chi connectivity index (χ1n) is 4.60. The maximum absolute atomic E-state index is 11.0. The standard InChI is InChI=1S/C10H9BrN4O/c1-6-4-7(2-3-8(6)11)13-10-14-9(16)5-12-15-10/h2-5H,1H3,(H2,13,14,15,16). The lowest BCUT2D eigenvalue weighted by Gasteiger charge is -2.05. The molecule has 2 N–H and O–H groups in total. The zero-order valence-electron chi connectivity index (χ0n) is 8.49. The van der Waals surface area contributed by atoms with Crippen LogP contribution in [0.25, 0.3) is 0 Å². The van der Waals surface area contributed by atoms with Gasteiger partial charge in [-0.3, -0.25) is 9.78 Å². The molecule has 0 unspecified atom stereocenters. The molecule has 0 aliphatic rings. The van der Waals surface area contributed by atoms with Crippen molar-refractivity contribution in [3.05, 3.63) is 44.8 Å². The smallest absolute Gasteiger partial charge is 0.271 e. The van der Waals surface area contributed by atoms with E-state index in [4.69, 9.17) is 0 Å². The van der Waals surface area contributed by atoms with Gasteiger partial charge in [0.1, 0.15) is 6.20 Å². The van der Waals surface area contributed by atoms with E-state index in [-0.39, 0.29) is 5.56 Å². The third-order valence-corrected chi connectivity index (χ3v) is 2.88. The molecule has 5 nitrogen and oxygen atoms in total. The highest BCUT2D eigenvalue weighted by atomic mass is 79.9. The molecule has 82 valence electrons. The van der Waals surface area contributed by atoms with Gasteiger partial charge in [-0.05, 0) is 30.7 Å². The van der Waals surface area contributed by atoms with E-state index >= 15 is 0 Å². The average molecular weight is 281 g/mol. The van der Waals surface area contributed by atoms with Crippen molar-refractivity contribution in [3.63, 3.8) is 0 Å². The number of H-pyrrole nitrogens is 1. The Labute approximate surface area is 100 Å². The first-order valence-corrected chi connectivity index (χ1v) is 5.39. The van der Waals surface area contributed by atoms with Crippen LogP contribution in [0.5, 0.6) is 0 Å². The van der Waals surface area contributed by atoms with Crippen molar-refractivity contribution >= 4 is 27.6 Å². The lowest BCUT2D eigenvalue weighted by molar-refractivity contribution is 0.953. The fourth-order valence-electron chi connectivity index (χ4n) is 1.23. The van der Waals surface area contributed by atoms with Crippen molar-refractivity contribution in [2.45, 2.75) is 6.92 Å². The van der Waals surface area contributed by atoms with Crippen LogP contribution in [0.2, 0.25) is 0 Å². The second-order valence-electron chi connectivity index (χ2n) is 3.27. The molecular formula is C10H9BrN4O. The highest BCUT2D eigenvalue weighted by Crippen LogP contribution is 2.21. The van der Waals surface area contributed by atoms with Gasteiger partial charge in [0, 0.05) is 10.2 Å². The van der Waals surface area contributed by atoms with E-state index in [0.29, 0.717) is 5.95 Å². The Hall–Kier alpha value is -1.69. The van der Waals surface area contributed by atoms with Gasteiger partial charge >= 0.3 is 0 Å². The van der Waals surface area contributed by atoms with Gasteiger partial charge in [0.05, 0.1) is 0 Å². The maximum atomic E-state index is 11.0. The molecule has 2 aromatic rings. The quantitative estimate of drug-likeness (QED) is 0.883. The molecule has 16 heavy (non-hydrogen) atoms. The Morgan fingerprint density at radius 3 is 2.94 bits per heavy atom. The minimum atomic E-state index is -0.286. The predicted octanol–water partition coefficient (Wildman–Crippen LogP) is 1.98. The summed E-state index contributed by atoms with van der Waals surface area (Å²) in [5.74, 6) is 0.328. The highest BCUT2D eigenvalue weighted by molar-refractivity contribution is 9.10. The SMILES string of the molecule is Cc1cc(Nc2nncc(=O)[nH]2)ccc1Br. The molecule has 0 bridgehead atoms. The number of anilines is 2. The predicted molar refractivity (Wildman–Crippen MR) is 64.8 cm³/mol. The van der Waals surface area contributed by atoms with Crippen molar-refractivity contribution in [2.75, 3.05) is 5.32 Å². The third kappa shape index (κ3) is 2.46. The zero-order chi connectivity index (χ0) is 11.5. The van der Waals surface area contributed by atoms with Gasteiger partial charge in [-0.2, -0.15) is 0 Å². The number of aromatic amines is 1. The molecule has 0 aliphatic carbocycles. The summed E-state index contributed by atoms with van der Waals surface area (Å²) in [4.78, 5) is 13.5. The van der Waals surface area contributed by atoms with Crippen molar-refractivity contribution in [1.82, 2.24) is 15.2 Å². The number of nitrogens with one attached hydrogen (secondary N) is 2. The molecule has 0 spiro atoms. The van der Waals surface area contributed by atoms with Crippen LogP contribution in [0.3, 0.4) is 0 Å². The first-order chi connectivity index (χ1) is 7.65. The van der Waals surface area contributed by atoms with E-state index in [1.54, 1.807) is 0 Å². The Kier molecular flexibility index (Phi) is 3.00.